The van der Waals surface area contributed by atoms with Crippen LogP contribution >= 0.6 is 0 Å². The normalized spacial score (nSPS) is 12.1. The molecule has 0 saturated heterocycles. The van der Waals surface area contributed by atoms with Gasteiger partial charge in [-0.3, -0.25) is 4.79 Å². The molecule has 0 aliphatic carbocycles. The lowest BCUT2D eigenvalue weighted by atomic mass is 10.1. The second kappa shape index (κ2) is 5.39. The molecule has 82 valence electrons. The number of carboxylic acid groups (broad SMARTS) is 1. The summed E-state index contributed by atoms with van der Waals surface area (Å²) < 4.78 is 0. The largest absolute Gasteiger partial charge is 0.481 e. The monoisotopic (exact) mass is 207 g/mol. The molecular weight excluding hydrogens is 190 g/mol. The number of carboxylic acids is 1. The highest BCUT2D eigenvalue weighted by molar-refractivity contribution is 5.67. The summed E-state index contributed by atoms with van der Waals surface area (Å²) in [5.74, 6) is -0.601. The lowest BCUT2D eigenvalue weighted by Gasteiger charge is -2.13. The molecule has 2 N–H and O–H groups in total. The third-order valence-electron chi connectivity index (χ3n) is 2.31. The molecule has 0 saturated carbocycles. The summed E-state index contributed by atoms with van der Waals surface area (Å²) in [6.45, 7) is 4.65. The first-order valence-corrected chi connectivity index (χ1v) is 5.11. The van der Waals surface area contributed by atoms with Crippen molar-refractivity contribution in [3.8, 4) is 0 Å². The fourth-order valence-electron chi connectivity index (χ4n) is 1.43. The van der Waals surface area contributed by atoms with Gasteiger partial charge < -0.3 is 10.4 Å². The van der Waals surface area contributed by atoms with E-state index >= 15 is 0 Å². The smallest absolute Gasteiger partial charge is 0.303 e. The van der Waals surface area contributed by atoms with Crippen molar-refractivity contribution in [3.63, 3.8) is 0 Å². The molecule has 1 rings (SSSR count). The molecule has 0 aliphatic rings. The summed E-state index contributed by atoms with van der Waals surface area (Å²) in [6, 6.07) is 7.99. The Morgan fingerprint density at radius 3 is 2.73 bits per heavy atom. The number of nitrogens with one attached hydrogen (secondary N) is 1. The zero-order valence-electron chi connectivity index (χ0n) is 9.16. The van der Waals surface area contributed by atoms with Crippen molar-refractivity contribution < 1.29 is 9.90 Å². The van der Waals surface area contributed by atoms with Gasteiger partial charge in [0.25, 0.3) is 0 Å². The number of benzene rings is 1. The van der Waals surface area contributed by atoms with Gasteiger partial charge in [-0.25, -0.2) is 0 Å². The van der Waals surface area contributed by atoms with Crippen molar-refractivity contribution in [1.82, 2.24) is 0 Å². The summed E-state index contributed by atoms with van der Waals surface area (Å²) in [4.78, 5) is 10.5. The first kappa shape index (κ1) is 11.6. The predicted molar refractivity (Wildman–Crippen MR) is 61.1 cm³/mol. The maximum Gasteiger partial charge on any atom is 0.303 e. The second-order valence-electron chi connectivity index (χ2n) is 3.90. The minimum Gasteiger partial charge on any atom is -0.481 e. The summed E-state index contributed by atoms with van der Waals surface area (Å²) in [5.41, 5.74) is 2.26. The van der Waals surface area contributed by atoms with Crippen LogP contribution in [-0.2, 0) is 4.79 Å². The molecule has 0 bridgehead atoms. The van der Waals surface area contributed by atoms with Crippen LogP contribution in [0.2, 0.25) is 0 Å². The van der Waals surface area contributed by atoms with Gasteiger partial charge in [-0.1, -0.05) is 25.1 Å². The molecule has 0 spiro atoms. The molecule has 0 heterocycles. The molecule has 0 fully saturated rings. The number of para-hydroxylation sites is 1. The van der Waals surface area contributed by atoms with Crippen molar-refractivity contribution in [2.24, 2.45) is 5.92 Å². The average Bonchev–Trinajstić information content (AvgIpc) is 2.15. The summed E-state index contributed by atoms with van der Waals surface area (Å²) in [7, 11) is 0. The number of rotatable bonds is 5. The third kappa shape index (κ3) is 4.02. The predicted octanol–water partition coefficient (Wildman–Crippen LogP) is 2.52. The van der Waals surface area contributed by atoms with Gasteiger partial charge in [-0.2, -0.15) is 0 Å². The van der Waals surface area contributed by atoms with E-state index in [1.807, 2.05) is 38.1 Å². The lowest BCUT2D eigenvalue weighted by Crippen LogP contribution is -2.15. The fourth-order valence-corrected chi connectivity index (χ4v) is 1.43. The number of aliphatic carboxylic acids is 1. The Labute approximate surface area is 90.1 Å². The highest BCUT2D eigenvalue weighted by Crippen LogP contribution is 2.14. The van der Waals surface area contributed by atoms with Crippen LogP contribution in [0.25, 0.3) is 0 Å². The summed E-state index contributed by atoms with van der Waals surface area (Å²) in [5, 5.41) is 11.9. The zero-order valence-corrected chi connectivity index (χ0v) is 9.16. The van der Waals surface area contributed by atoms with E-state index in [0.29, 0.717) is 6.54 Å². The molecule has 1 atom stereocenters. The van der Waals surface area contributed by atoms with Crippen molar-refractivity contribution in [2.75, 3.05) is 11.9 Å². The number of hydrogen-bond donors (Lipinski definition) is 2. The number of anilines is 1. The van der Waals surface area contributed by atoms with Gasteiger partial charge in [0, 0.05) is 18.7 Å². The fraction of sp³-hybridized carbons (Fsp3) is 0.417. The standard InChI is InChI=1S/C12H17NO2/c1-9(7-12(14)15)8-13-11-6-4-3-5-10(11)2/h3-6,9,13H,7-8H2,1-2H3,(H,14,15). The minimum absolute atomic E-state index is 0.141. The highest BCUT2D eigenvalue weighted by atomic mass is 16.4. The Hall–Kier alpha value is -1.51. The topological polar surface area (TPSA) is 49.3 Å². The molecule has 0 aromatic heterocycles. The Bertz CT molecular complexity index is 336. The first-order chi connectivity index (χ1) is 7.09. The third-order valence-corrected chi connectivity index (χ3v) is 2.31. The van der Waals surface area contributed by atoms with Crippen LogP contribution in [-0.4, -0.2) is 17.6 Å². The van der Waals surface area contributed by atoms with Crippen LogP contribution in [0, 0.1) is 12.8 Å². The van der Waals surface area contributed by atoms with Gasteiger partial charge in [0.05, 0.1) is 0 Å². The van der Waals surface area contributed by atoms with E-state index in [-0.39, 0.29) is 12.3 Å². The van der Waals surface area contributed by atoms with E-state index in [4.69, 9.17) is 5.11 Å². The molecule has 0 aliphatic heterocycles. The molecule has 0 radical (unpaired) electrons. The Balaban J connectivity index is 2.43. The van der Waals surface area contributed by atoms with Crippen LogP contribution in [0.3, 0.4) is 0 Å². The number of hydrogen-bond acceptors (Lipinski definition) is 2. The van der Waals surface area contributed by atoms with Crippen molar-refractivity contribution in [2.45, 2.75) is 20.3 Å². The molecule has 0 amide bonds. The van der Waals surface area contributed by atoms with Gasteiger partial charge in [-0.05, 0) is 24.5 Å². The van der Waals surface area contributed by atoms with Crippen molar-refractivity contribution >= 4 is 11.7 Å². The molecule has 15 heavy (non-hydrogen) atoms. The van der Waals surface area contributed by atoms with Crippen molar-refractivity contribution in [1.29, 1.82) is 0 Å². The molecule has 3 nitrogen and oxygen atoms in total. The van der Waals surface area contributed by atoms with Crippen LogP contribution in [0.5, 0.6) is 0 Å². The average molecular weight is 207 g/mol. The van der Waals surface area contributed by atoms with Gasteiger partial charge in [0.2, 0.25) is 0 Å². The Morgan fingerprint density at radius 1 is 1.47 bits per heavy atom. The van der Waals surface area contributed by atoms with E-state index < -0.39 is 5.97 Å². The van der Waals surface area contributed by atoms with Gasteiger partial charge in [-0.15, -0.1) is 0 Å². The highest BCUT2D eigenvalue weighted by Gasteiger charge is 2.07. The van der Waals surface area contributed by atoms with E-state index in [1.165, 1.54) is 5.56 Å². The first-order valence-electron chi connectivity index (χ1n) is 5.11. The van der Waals surface area contributed by atoms with E-state index in [9.17, 15) is 4.79 Å². The van der Waals surface area contributed by atoms with Crippen LogP contribution in [0.15, 0.2) is 24.3 Å². The number of carbonyl (C=O) groups is 1. The van der Waals surface area contributed by atoms with Crippen LogP contribution < -0.4 is 5.32 Å². The summed E-state index contributed by atoms with van der Waals surface area (Å²) in [6.07, 6.45) is 0.207. The molecule has 1 unspecified atom stereocenters. The van der Waals surface area contributed by atoms with Gasteiger partial charge in [0.15, 0.2) is 0 Å². The molecule has 1 aromatic carbocycles. The maximum absolute atomic E-state index is 10.5. The Morgan fingerprint density at radius 2 is 2.13 bits per heavy atom. The van der Waals surface area contributed by atoms with Gasteiger partial charge in [0.1, 0.15) is 0 Å². The van der Waals surface area contributed by atoms with E-state index in [0.717, 1.165) is 5.69 Å². The zero-order chi connectivity index (χ0) is 11.3. The molecule has 1 aromatic rings. The van der Waals surface area contributed by atoms with Gasteiger partial charge >= 0.3 is 5.97 Å². The minimum atomic E-state index is -0.742. The maximum atomic E-state index is 10.5. The molecule has 3 heteroatoms. The Kier molecular flexibility index (Phi) is 4.16. The van der Waals surface area contributed by atoms with Crippen LogP contribution in [0.1, 0.15) is 18.9 Å². The molecular formula is C12H17NO2. The van der Waals surface area contributed by atoms with E-state index in [1.54, 1.807) is 0 Å². The van der Waals surface area contributed by atoms with Crippen molar-refractivity contribution in [3.05, 3.63) is 29.8 Å². The SMILES string of the molecule is Cc1ccccc1NCC(C)CC(=O)O. The second-order valence-corrected chi connectivity index (χ2v) is 3.90. The quantitative estimate of drug-likeness (QED) is 0.780. The lowest BCUT2D eigenvalue weighted by molar-refractivity contribution is -0.137. The van der Waals surface area contributed by atoms with E-state index in [2.05, 4.69) is 5.32 Å². The number of aryl methyl sites for hydroxylation is 1. The van der Waals surface area contributed by atoms with Crippen LogP contribution in [0.4, 0.5) is 5.69 Å². The summed E-state index contributed by atoms with van der Waals surface area (Å²) >= 11 is 0.